The summed E-state index contributed by atoms with van der Waals surface area (Å²) in [7, 11) is 0. The van der Waals surface area contributed by atoms with Crippen molar-refractivity contribution in [1.29, 1.82) is 0 Å². The number of hydrogen-bond donors (Lipinski definition) is 0. The smallest absolute Gasteiger partial charge is 0.457 e. The van der Waals surface area contributed by atoms with Crippen LogP contribution in [0.2, 0.25) is 0 Å². The fourth-order valence-corrected chi connectivity index (χ4v) is 10.4. The van der Waals surface area contributed by atoms with Crippen LogP contribution in [-0.2, 0) is 31.9 Å². The minimum absolute atomic E-state index is 0. The van der Waals surface area contributed by atoms with E-state index in [1.807, 2.05) is 36.4 Å². The summed E-state index contributed by atoms with van der Waals surface area (Å²) in [4.78, 5) is 13.8. The van der Waals surface area contributed by atoms with E-state index in [1.54, 1.807) is 0 Å². The fraction of sp³-hybridized carbons (Fsp3) is 0.0370. The zero-order valence-corrected chi connectivity index (χ0v) is 34.1. The van der Waals surface area contributed by atoms with Gasteiger partial charge in [-0.2, -0.15) is 0 Å². The molecule has 13 rings (SSSR count). The topological polar surface area (TPSA) is 47.5 Å². The molecule has 9 aromatic rings. The van der Waals surface area contributed by atoms with Crippen molar-refractivity contribution in [2.24, 2.45) is 0 Å². The van der Waals surface area contributed by atoms with E-state index in [2.05, 4.69) is 169 Å². The first kappa shape index (κ1) is 34.9. The first-order valence-corrected chi connectivity index (χ1v) is 19.9. The second-order valence-corrected chi connectivity index (χ2v) is 15.4. The van der Waals surface area contributed by atoms with E-state index >= 15 is 0 Å². The van der Waals surface area contributed by atoms with Gasteiger partial charge in [0.15, 0.2) is 0 Å². The van der Waals surface area contributed by atoms with E-state index in [4.69, 9.17) is 19.4 Å². The molecule has 0 atom stereocenters. The summed E-state index contributed by atoms with van der Waals surface area (Å²) >= 11 is 0. The van der Waals surface area contributed by atoms with Crippen LogP contribution in [-0.4, -0.2) is 9.97 Å². The molecule has 0 N–H and O–H groups in total. The molecule has 0 bridgehead atoms. The third-order valence-corrected chi connectivity index (χ3v) is 12.6. The number of rotatable bonds is 2. The SMILES string of the molecule is [Pt+2].[c-]1ccccc1-c1ccc2c(n1)N1c3nc(-c4[c-]cccc4)ccc3C3(c4ccccc4Oc4ccccc43)c3cccc(c31)C21c2ccccc2Oc2ccccc21. The van der Waals surface area contributed by atoms with Crippen LogP contribution in [0.4, 0.5) is 17.3 Å². The summed E-state index contributed by atoms with van der Waals surface area (Å²) in [6.07, 6.45) is 0. The van der Waals surface area contributed by atoms with Gasteiger partial charge in [0, 0.05) is 33.4 Å². The monoisotopic (exact) mass is 948 g/mol. The third kappa shape index (κ3) is 4.45. The van der Waals surface area contributed by atoms with Crippen LogP contribution in [0.1, 0.15) is 44.5 Å². The molecule has 7 aromatic carbocycles. The van der Waals surface area contributed by atoms with Gasteiger partial charge in [-0.1, -0.05) is 115 Å². The molecular formula is C54H31N3O2Pt. The number of hydrogen-bond acceptors (Lipinski definition) is 5. The normalized spacial score (nSPS) is 14.7. The quantitative estimate of drug-likeness (QED) is 0.162. The number of ether oxygens (including phenoxy) is 2. The zero-order valence-electron chi connectivity index (χ0n) is 31.9. The molecule has 0 amide bonds. The Morgan fingerprint density at radius 3 is 1.12 bits per heavy atom. The summed E-state index contributed by atoms with van der Waals surface area (Å²) < 4.78 is 13.6. The van der Waals surface area contributed by atoms with Gasteiger partial charge in [0.05, 0.1) is 16.5 Å². The Balaban J connectivity index is 0.00000388. The summed E-state index contributed by atoms with van der Waals surface area (Å²) in [5.74, 6) is 4.87. The van der Waals surface area contributed by atoms with Crippen LogP contribution < -0.4 is 14.4 Å². The molecule has 2 aromatic heterocycles. The second-order valence-electron chi connectivity index (χ2n) is 15.4. The van der Waals surface area contributed by atoms with Crippen molar-refractivity contribution in [3.63, 3.8) is 0 Å². The molecule has 2 spiro atoms. The summed E-state index contributed by atoms with van der Waals surface area (Å²) in [6.45, 7) is 0. The van der Waals surface area contributed by atoms with E-state index in [1.165, 1.54) is 0 Å². The molecule has 0 saturated heterocycles. The van der Waals surface area contributed by atoms with Crippen LogP contribution in [0.3, 0.4) is 0 Å². The molecule has 0 radical (unpaired) electrons. The predicted molar refractivity (Wildman–Crippen MR) is 229 cm³/mol. The van der Waals surface area contributed by atoms with Crippen molar-refractivity contribution in [3.05, 3.63) is 245 Å². The molecular weight excluding hydrogens is 918 g/mol. The number of aromatic nitrogens is 2. The van der Waals surface area contributed by atoms with E-state index in [0.717, 1.165) is 107 Å². The molecule has 0 aliphatic carbocycles. The molecule has 284 valence electrons. The molecule has 4 aliphatic heterocycles. The minimum Gasteiger partial charge on any atom is -0.457 e. The molecule has 0 saturated carbocycles. The van der Waals surface area contributed by atoms with Gasteiger partial charge in [0.1, 0.15) is 34.6 Å². The van der Waals surface area contributed by atoms with Crippen LogP contribution in [0.25, 0.3) is 22.5 Å². The zero-order chi connectivity index (χ0) is 38.7. The number of nitrogens with zero attached hydrogens (tertiary/aromatic N) is 3. The number of anilines is 3. The predicted octanol–water partition coefficient (Wildman–Crippen LogP) is 12.5. The molecule has 6 heteroatoms. The molecule has 60 heavy (non-hydrogen) atoms. The summed E-state index contributed by atoms with van der Waals surface area (Å²) in [6, 6.07) is 72.5. The van der Waals surface area contributed by atoms with Crippen LogP contribution in [0, 0.1) is 12.1 Å². The van der Waals surface area contributed by atoms with E-state index in [-0.39, 0.29) is 21.1 Å². The van der Waals surface area contributed by atoms with Gasteiger partial charge in [-0.25, -0.2) is 0 Å². The first-order chi connectivity index (χ1) is 29.3. The molecule has 0 fully saturated rings. The van der Waals surface area contributed by atoms with Gasteiger partial charge in [-0.15, -0.1) is 71.8 Å². The van der Waals surface area contributed by atoms with Gasteiger partial charge >= 0.3 is 21.1 Å². The van der Waals surface area contributed by atoms with Crippen molar-refractivity contribution in [2.75, 3.05) is 4.90 Å². The largest absolute Gasteiger partial charge is 2.00 e. The Morgan fingerprint density at radius 1 is 0.367 bits per heavy atom. The number of pyridine rings is 2. The van der Waals surface area contributed by atoms with Crippen molar-refractivity contribution >= 4 is 17.3 Å². The Morgan fingerprint density at radius 2 is 0.733 bits per heavy atom. The maximum absolute atomic E-state index is 6.78. The number of benzene rings is 7. The van der Waals surface area contributed by atoms with Crippen LogP contribution >= 0.6 is 0 Å². The number of fused-ring (bicyclic) bond motifs is 16. The Hall–Kier alpha value is -7.07. The molecule has 5 nitrogen and oxygen atoms in total. The summed E-state index contributed by atoms with van der Waals surface area (Å²) in [5.41, 5.74) is 11.4. The van der Waals surface area contributed by atoms with Gasteiger partial charge in [0.2, 0.25) is 0 Å². The van der Waals surface area contributed by atoms with Crippen molar-refractivity contribution in [3.8, 4) is 45.5 Å². The van der Waals surface area contributed by atoms with Gasteiger partial charge in [0.25, 0.3) is 0 Å². The molecule has 6 heterocycles. The van der Waals surface area contributed by atoms with Crippen molar-refractivity contribution in [1.82, 2.24) is 9.97 Å². The fourth-order valence-electron chi connectivity index (χ4n) is 10.4. The Labute approximate surface area is 361 Å². The van der Waals surface area contributed by atoms with Gasteiger partial charge in [-0.05, 0) is 46.8 Å². The average Bonchev–Trinajstić information content (AvgIpc) is 3.31. The van der Waals surface area contributed by atoms with Gasteiger partial charge < -0.3 is 9.47 Å². The second kappa shape index (κ2) is 13.0. The Kier molecular flexibility index (Phi) is 7.55. The standard InChI is InChI=1S/C54H31N3O2.Pt/c1-3-16-34(17-4-1)44-32-30-42-51(55-44)57-50-40(53(42)36-20-7-11-26-46(36)58-47-27-12-8-21-37(47)53)24-15-25-41(50)54(43-31-33-45(56-52(43)57)35-18-5-2-6-19-35)38-22-9-13-28-48(38)59-49-29-14-10-23-39(49)54;/h1-16,18,20-33H;/q-2;+2. The van der Waals surface area contributed by atoms with Gasteiger partial charge in [-0.3, -0.25) is 14.9 Å². The van der Waals surface area contributed by atoms with E-state index < -0.39 is 10.8 Å². The van der Waals surface area contributed by atoms with Crippen LogP contribution in [0.5, 0.6) is 23.0 Å². The van der Waals surface area contributed by atoms with Crippen molar-refractivity contribution in [2.45, 2.75) is 10.8 Å². The van der Waals surface area contributed by atoms with E-state index in [9.17, 15) is 0 Å². The molecule has 0 unspecified atom stereocenters. The molecule has 4 aliphatic rings. The number of para-hydroxylation sites is 5. The average molecular weight is 949 g/mol. The first-order valence-electron chi connectivity index (χ1n) is 19.9. The maximum atomic E-state index is 6.78. The summed E-state index contributed by atoms with van der Waals surface area (Å²) in [5, 5.41) is 0. The van der Waals surface area contributed by atoms with E-state index in [0.29, 0.717) is 0 Å². The minimum atomic E-state index is -0.817. The Bertz CT molecular complexity index is 2900. The third-order valence-electron chi connectivity index (χ3n) is 12.6. The van der Waals surface area contributed by atoms with Crippen molar-refractivity contribution < 1.29 is 30.5 Å². The van der Waals surface area contributed by atoms with Crippen LogP contribution in [0.15, 0.2) is 188 Å². The maximum Gasteiger partial charge on any atom is 2.00 e.